The Labute approximate surface area is 292 Å². The third-order valence-corrected chi connectivity index (χ3v) is 11.4. The summed E-state index contributed by atoms with van der Waals surface area (Å²) in [4.78, 5) is 3.87. The van der Waals surface area contributed by atoms with Crippen molar-refractivity contribution < 1.29 is 0 Å². The van der Waals surface area contributed by atoms with Gasteiger partial charge < -0.3 is 9.13 Å². The molecular weight excluding hydrogens is 619 g/mol. The second kappa shape index (κ2) is 9.33. The van der Waals surface area contributed by atoms with E-state index in [-0.39, 0.29) is 6.71 Å². The summed E-state index contributed by atoms with van der Waals surface area (Å²) in [5.41, 5.74) is 14.4. The van der Waals surface area contributed by atoms with Crippen LogP contribution in [0.15, 0.2) is 140 Å². The Hall–Kier alpha value is -7.08. The van der Waals surface area contributed by atoms with E-state index in [2.05, 4.69) is 147 Å². The molecule has 4 nitrogen and oxygen atoms in total. The van der Waals surface area contributed by atoms with Gasteiger partial charge in [-0.25, -0.2) is 4.85 Å². The predicted molar refractivity (Wildman–Crippen MR) is 211 cm³/mol. The van der Waals surface area contributed by atoms with Crippen LogP contribution in [0.5, 0.6) is 0 Å². The molecule has 0 saturated heterocycles. The Morgan fingerprint density at radius 3 is 1.73 bits per heavy atom. The fourth-order valence-electron chi connectivity index (χ4n) is 9.48. The van der Waals surface area contributed by atoms with Crippen molar-refractivity contribution in [3.63, 3.8) is 0 Å². The molecule has 12 rings (SSSR count). The van der Waals surface area contributed by atoms with Crippen LogP contribution >= 0.6 is 0 Å². The minimum absolute atomic E-state index is 0.0385. The molecule has 0 atom stereocenters. The quantitative estimate of drug-likeness (QED) is 0.130. The summed E-state index contributed by atoms with van der Waals surface area (Å²) in [6.45, 7) is 7.87. The maximum absolute atomic E-state index is 10.1. The molecule has 0 radical (unpaired) electrons. The van der Waals surface area contributed by atoms with Crippen molar-refractivity contribution in [2.45, 2.75) is 0 Å². The molecule has 10 aromatic rings. The first-order chi connectivity index (χ1) is 25.2. The Morgan fingerprint density at radius 1 is 0.549 bits per heavy atom. The van der Waals surface area contributed by atoms with Gasteiger partial charge in [0, 0.05) is 33.1 Å². The van der Waals surface area contributed by atoms with E-state index in [1.807, 2.05) is 12.1 Å². The van der Waals surface area contributed by atoms with Crippen molar-refractivity contribution >= 4 is 93.9 Å². The van der Waals surface area contributed by atoms with E-state index in [9.17, 15) is 5.26 Å². The van der Waals surface area contributed by atoms with Gasteiger partial charge in [-0.05, 0) is 96.9 Å². The molecular formula is C46H23BN4. The third-order valence-electron chi connectivity index (χ3n) is 11.4. The van der Waals surface area contributed by atoms with Gasteiger partial charge in [-0.1, -0.05) is 97.1 Å². The number of aromatic nitrogens is 2. The molecule has 4 heterocycles. The van der Waals surface area contributed by atoms with Gasteiger partial charge in [0.1, 0.15) is 0 Å². The molecule has 0 spiro atoms. The molecule has 0 aliphatic carbocycles. The fourth-order valence-corrected chi connectivity index (χ4v) is 9.48. The van der Waals surface area contributed by atoms with Crippen molar-refractivity contribution in [2.24, 2.45) is 0 Å². The first-order valence-corrected chi connectivity index (χ1v) is 17.2. The SMILES string of the molecule is [C-]#[N+]c1ccc2c(c1)c1c3ccccc3cc3c1n2-c1cc(-c2ccccc2)cc2c1B3c1cc3ccccc3c3c4cc(C#N)ccc4n-2c13. The minimum Gasteiger partial charge on any atom is -0.310 e. The summed E-state index contributed by atoms with van der Waals surface area (Å²) in [6.07, 6.45) is 0. The summed E-state index contributed by atoms with van der Waals surface area (Å²) >= 11 is 0. The number of rotatable bonds is 1. The highest BCUT2D eigenvalue weighted by Crippen LogP contribution is 2.44. The minimum atomic E-state index is -0.0385. The van der Waals surface area contributed by atoms with Gasteiger partial charge in [-0.3, -0.25) is 0 Å². The van der Waals surface area contributed by atoms with Crippen molar-refractivity contribution in [3.05, 3.63) is 157 Å². The number of fused-ring (bicyclic) bond motifs is 14. The van der Waals surface area contributed by atoms with Gasteiger partial charge in [0.15, 0.2) is 5.69 Å². The standard InChI is InChI=1S/C46H23BN4/c1-49-31-16-18-39-35(24-31)43-33-14-8-6-12-29(33)21-37-46(43)51(39)41-23-30(27-9-3-2-4-10-27)22-40-44(41)47(37)36-20-28-11-5-7-13-32(28)42-34-19-26(25-48)15-17-38(34)50(40)45(36)42/h2-24H. The van der Waals surface area contributed by atoms with Crippen LogP contribution in [0.4, 0.5) is 5.69 Å². The van der Waals surface area contributed by atoms with Crippen LogP contribution in [0.3, 0.4) is 0 Å². The molecule has 2 aliphatic rings. The smallest absolute Gasteiger partial charge is 0.252 e. The van der Waals surface area contributed by atoms with Crippen LogP contribution in [0, 0.1) is 17.9 Å². The van der Waals surface area contributed by atoms with Gasteiger partial charge in [-0.15, -0.1) is 0 Å². The average Bonchev–Trinajstić information content (AvgIpc) is 3.72. The molecule has 8 aromatic carbocycles. The Balaban J connectivity index is 1.38. The fraction of sp³-hybridized carbons (Fsp3) is 0. The van der Waals surface area contributed by atoms with E-state index < -0.39 is 0 Å². The van der Waals surface area contributed by atoms with Crippen LogP contribution < -0.4 is 16.4 Å². The molecule has 0 fully saturated rings. The molecule has 2 aliphatic heterocycles. The zero-order valence-corrected chi connectivity index (χ0v) is 27.1. The molecule has 230 valence electrons. The van der Waals surface area contributed by atoms with Crippen LogP contribution in [-0.2, 0) is 0 Å². The van der Waals surface area contributed by atoms with Gasteiger partial charge in [0.05, 0.1) is 34.8 Å². The number of nitrogens with zero attached hydrogens (tertiary/aromatic N) is 4. The second-order valence-corrected chi connectivity index (χ2v) is 13.9. The monoisotopic (exact) mass is 642 g/mol. The number of hydrogen-bond donors (Lipinski definition) is 0. The molecule has 0 amide bonds. The first-order valence-electron chi connectivity index (χ1n) is 17.2. The van der Waals surface area contributed by atoms with Gasteiger partial charge in [0.25, 0.3) is 6.71 Å². The van der Waals surface area contributed by atoms with Crippen molar-refractivity contribution in [3.8, 4) is 28.6 Å². The van der Waals surface area contributed by atoms with Gasteiger partial charge >= 0.3 is 0 Å². The van der Waals surface area contributed by atoms with Crippen LogP contribution in [0.1, 0.15) is 5.56 Å². The topological polar surface area (TPSA) is 38.0 Å². The summed E-state index contributed by atoms with van der Waals surface area (Å²) in [5.74, 6) is 0. The van der Waals surface area contributed by atoms with E-state index in [1.54, 1.807) is 0 Å². The average molecular weight is 643 g/mol. The van der Waals surface area contributed by atoms with Crippen molar-refractivity contribution in [1.82, 2.24) is 9.13 Å². The molecule has 0 N–H and O–H groups in total. The van der Waals surface area contributed by atoms with Gasteiger partial charge in [-0.2, -0.15) is 5.26 Å². The van der Waals surface area contributed by atoms with Crippen LogP contribution in [-0.4, -0.2) is 15.8 Å². The summed E-state index contributed by atoms with van der Waals surface area (Å²) in [5, 5.41) is 19.4. The largest absolute Gasteiger partial charge is 0.310 e. The number of nitriles is 1. The molecule has 51 heavy (non-hydrogen) atoms. The third kappa shape index (κ3) is 3.24. The van der Waals surface area contributed by atoms with Crippen molar-refractivity contribution in [2.75, 3.05) is 0 Å². The normalized spacial score (nSPS) is 12.6. The van der Waals surface area contributed by atoms with Gasteiger partial charge in [0.2, 0.25) is 0 Å². The van der Waals surface area contributed by atoms with Crippen molar-refractivity contribution in [1.29, 1.82) is 5.26 Å². The summed E-state index contributed by atoms with van der Waals surface area (Å²) in [6, 6.07) is 52.4. The maximum Gasteiger partial charge on any atom is 0.252 e. The lowest BCUT2D eigenvalue weighted by Crippen LogP contribution is -2.59. The van der Waals surface area contributed by atoms with E-state index in [4.69, 9.17) is 6.57 Å². The zero-order valence-electron chi connectivity index (χ0n) is 27.1. The number of benzene rings is 8. The summed E-state index contributed by atoms with van der Waals surface area (Å²) < 4.78 is 4.95. The highest BCUT2D eigenvalue weighted by atomic mass is 15.0. The Kier molecular flexibility index (Phi) is 4.91. The van der Waals surface area contributed by atoms with E-state index in [0.717, 1.165) is 44.3 Å². The lowest BCUT2D eigenvalue weighted by Gasteiger charge is -2.34. The van der Waals surface area contributed by atoms with Crippen LogP contribution in [0.25, 0.3) is 92.5 Å². The maximum atomic E-state index is 10.1. The predicted octanol–water partition coefficient (Wildman–Crippen LogP) is 9.42. The molecule has 5 heteroatoms. The molecule has 0 saturated carbocycles. The van der Waals surface area contributed by atoms with E-state index in [0.29, 0.717) is 11.3 Å². The molecule has 2 aromatic heterocycles. The highest BCUT2D eigenvalue weighted by Gasteiger charge is 2.42. The Bertz CT molecular complexity index is 3130. The lowest BCUT2D eigenvalue weighted by atomic mass is 9.34. The molecule has 0 bridgehead atoms. The van der Waals surface area contributed by atoms with Crippen LogP contribution in [0.2, 0.25) is 0 Å². The van der Waals surface area contributed by atoms with E-state index >= 15 is 0 Å². The second-order valence-electron chi connectivity index (χ2n) is 13.9. The van der Waals surface area contributed by atoms with E-state index in [1.165, 1.54) is 59.7 Å². The number of hydrogen-bond acceptors (Lipinski definition) is 1. The zero-order chi connectivity index (χ0) is 33.5. The lowest BCUT2D eigenvalue weighted by molar-refractivity contribution is 1.14. The molecule has 0 unspecified atom stereocenters. The summed E-state index contributed by atoms with van der Waals surface area (Å²) in [7, 11) is 0. The highest BCUT2D eigenvalue weighted by molar-refractivity contribution is 7.00. The Morgan fingerprint density at radius 2 is 1.12 bits per heavy atom. The first kappa shape index (κ1) is 26.8.